The molecule has 1 N–H and O–H groups in total. The molecule has 0 spiro atoms. The molecule has 1 aliphatic heterocycles. The first-order valence-corrected chi connectivity index (χ1v) is 7.30. The number of nitrogens with zero attached hydrogens (tertiary/aromatic N) is 3. The molecule has 2 rings (SSSR count). The lowest BCUT2D eigenvalue weighted by molar-refractivity contribution is 0.369. The highest BCUT2D eigenvalue weighted by atomic mass is 15.3. The first-order chi connectivity index (χ1) is 8.78. The van der Waals surface area contributed by atoms with Crippen LogP contribution in [-0.2, 0) is 6.54 Å². The van der Waals surface area contributed by atoms with Gasteiger partial charge in [0, 0.05) is 37.9 Å². The van der Waals surface area contributed by atoms with Crippen LogP contribution in [0.15, 0.2) is 12.4 Å². The summed E-state index contributed by atoms with van der Waals surface area (Å²) in [4.78, 5) is 2.54. The van der Waals surface area contributed by atoms with E-state index in [1.807, 2.05) is 10.9 Å². The molecular formula is C14H26N4. The predicted molar refractivity (Wildman–Crippen MR) is 76.0 cm³/mol. The Hall–Kier alpha value is -1.03. The molecule has 0 radical (unpaired) electrons. The van der Waals surface area contributed by atoms with Crippen molar-refractivity contribution < 1.29 is 0 Å². The van der Waals surface area contributed by atoms with Crippen LogP contribution in [0.2, 0.25) is 0 Å². The number of aryl methyl sites for hydroxylation is 1. The summed E-state index contributed by atoms with van der Waals surface area (Å²) in [5.74, 6) is 0. The molecule has 18 heavy (non-hydrogen) atoms. The van der Waals surface area contributed by atoms with Crippen molar-refractivity contribution in [3.8, 4) is 0 Å². The van der Waals surface area contributed by atoms with Gasteiger partial charge in [-0.05, 0) is 19.8 Å². The van der Waals surface area contributed by atoms with Gasteiger partial charge in [-0.1, -0.05) is 20.3 Å². The van der Waals surface area contributed by atoms with Gasteiger partial charge in [-0.25, -0.2) is 0 Å². The van der Waals surface area contributed by atoms with Crippen LogP contribution in [0, 0.1) is 0 Å². The van der Waals surface area contributed by atoms with Crippen molar-refractivity contribution in [3.05, 3.63) is 12.4 Å². The molecule has 0 amide bonds. The van der Waals surface area contributed by atoms with Gasteiger partial charge in [-0.2, -0.15) is 5.10 Å². The first-order valence-electron chi connectivity index (χ1n) is 7.30. The third-order valence-electron chi connectivity index (χ3n) is 3.88. The number of piperazine rings is 1. The minimum absolute atomic E-state index is 0.604. The minimum atomic E-state index is 0.604. The van der Waals surface area contributed by atoms with E-state index in [4.69, 9.17) is 0 Å². The summed E-state index contributed by atoms with van der Waals surface area (Å²) in [6.45, 7) is 9.81. The quantitative estimate of drug-likeness (QED) is 0.870. The molecule has 1 aromatic rings. The standard InChI is InChI=1S/C14H26N4/c1-4-7-12-10-18(13(5-2)8-15-12)14-9-16-17(6-3)11-14/h9,11-13,15H,4-8,10H2,1-3H3. The lowest BCUT2D eigenvalue weighted by Crippen LogP contribution is -2.56. The molecule has 0 saturated carbocycles. The Labute approximate surface area is 110 Å². The molecule has 0 bridgehead atoms. The largest absolute Gasteiger partial charge is 0.363 e. The van der Waals surface area contributed by atoms with Gasteiger partial charge >= 0.3 is 0 Å². The van der Waals surface area contributed by atoms with Crippen molar-refractivity contribution in [2.45, 2.75) is 58.7 Å². The number of aromatic nitrogens is 2. The van der Waals surface area contributed by atoms with E-state index in [1.54, 1.807) is 0 Å². The smallest absolute Gasteiger partial charge is 0.0755 e. The van der Waals surface area contributed by atoms with Crippen molar-refractivity contribution >= 4 is 5.69 Å². The van der Waals surface area contributed by atoms with Gasteiger partial charge in [-0.15, -0.1) is 0 Å². The van der Waals surface area contributed by atoms with Crippen LogP contribution in [0.5, 0.6) is 0 Å². The summed E-state index contributed by atoms with van der Waals surface area (Å²) in [6.07, 6.45) is 7.88. The van der Waals surface area contributed by atoms with E-state index in [0.717, 1.165) is 19.6 Å². The van der Waals surface area contributed by atoms with Gasteiger partial charge in [0.1, 0.15) is 0 Å². The first kappa shape index (κ1) is 13.4. The van der Waals surface area contributed by atoms with Crippen LogP contribution in [-0.4, -0.2) is 35.0 Å². The second-order valence-electron chi connectivity index (χ2n) is 5.16. The normalized spacial score (nSPS) is 24.5. The van der Waals surface area contributed by atoms with Gasteiger partial charge in [0.2, 0.25) is 0 Å². The van der Waals surface area contributed by atoms with E-state index in [1.165, 1.54) is 24.9 Å². The number of anilines is 1. The van der Waals surface area contributed by atoms with Crippen molar-refractivity contribution in [2.24, 2.45) is 0 Å². The van der Waals surface area contributed by atoms with E-state index in [-0.39, 0.29) is 0 Å². The number of rotatable bonds is 5. The van der Waals surface area contributed by atoms with E-state index >= 15 is 0 Å². The van der Waals surface area contributed by atoms with Gasteiger partial charge < -0.3 is 10.2 Å². The number of hydrogen-bond acceptors (Lipinski definition) is 3. The summed E-state index contributed by atoms with van der Waals surface area (Å²) in [7, 11) is 0. The van der Waals surface area contributed by atoms with E-state index in [0.29, 0.717) is 12.1 Å². The molecule has 4 heteroatoms. The molecule has 1 aliphatic rings. The SMILES string of the molecule is CCCC1CN(c2cnn(CC)c2)C(CC)CN1. The topological polar surface area (TPSA) is 33.1 Å². The van der Waals surface area contributed by atoms with Crippen LogP contribution >= 0.6 is 0 Å². The Kier molecular flexibility index (Phi) is 4.64. The molecule has 4 nitrogen and oxygen atoms in total. The molecule has 0 aliphatic carbocycles. The van der Waals surface area contributed by atoms with Crippen LogP contribution in [0.1, 0.15) is 40.0 Å². The second-order valence-corrected chi connectivity index (χ2v) is 5.16. The molecule has 2 heterocycles. The predicted octanol–water partition coefficient (Wildman–Crippen LogP) is 2.26. The van der Waals surface area contributed by atoms with E-state index < -0.39 is 0 Å². The maximum Gasteiger partial charge on any atom is 0.0755 e. The fourth-order valence-corrected chi connectivity index (χ4v) is 2.76. The summed E-state index contributed by atoms with van der Waals surface area (Å²) < 4.78 is 2.01. The zero-order valence-corrected chi connectivity index (χ0v) is 11.9. The molecule has 2 unspecified atom stereocenters. The van der Waals surface area contributed by atoms with Crippen LogP contribution < -0.4 is 10.2 Å². The number of nitrogens with one attached hydrogen (secondary N) is 1. The molecule has 1 aromatic heterocycles. The zero-order valence-electron chi connectivity index (χ0n) is 11.9. The average Bonchev–Trinajstić information content (AvgIpc) is 2.87. The summed E-state index contributed by atoms with van der Waals surface area (Å²) in [5.41, 5.74) is 1.28. The molecular weight excluding hydrogens is 224 g/mol. The highest BCUT2D eigenvalue weighted by molar-refractivity contribution is 5.44. The van der Waals surface area contributed by atoms with Crippen molar-refractivity contribution in [1.82, 2.24) is 15.1 Å². The molecule has 0 aromatic carbocycles. The molecule has 1 fully saturated rings. The third-order valence-corrected chi connectivity index (χ3v) is 3.88. The van der Waals surface area contributed by atoms with Gasteiger partial charge in [0.15, 0.2) is 0 Å². The fraction of sp³-hybridized carbons (Fsp3) is 0.786. The second kappa shape index (κ2) is 6.23. The highest BCUT2D eigenvalue weighted by Crippen LogP contribution is 2.21. The summed E-state index contributed by atoms with van der Waals surface area (Å²) >= 11 is 0. The maximum absolute atomic E-state index is 4.40. The molecule has 2 atom stereocenters. The molecule has 1 saturated heterocycles. The lowest BCUT2D eigenvalue weighted by Gasteiger charge is -2.41. The third kappa shape index (κ3) is 2.86. The van der Waals surface area contributed by atoms with E-state index in [2.05, 4.69) is 42.3 Å². The summed E-state index contributed by atoms with van der Waals surface area (Å²) in [5, 5.41) is 8.08. The molecule has 102 valence electrons. The Morgan fingerprint density at radius 2 is 2.22 bits per heavy atom. The Balaban J connectivity index is 2.10. The highest BCUT2D eigenvalue weighted by Gasteiger charge is 2.27. The Bertz CT molecular complexity index is 360. The van der Waals surface area contributed by atoms with Gasteiger partial charge in [-0.3, -0.25) is 4.68 Å². The number of hydrogen-bond donors (Lipinski definition) is 1. The Morgan fingerprint density at radius 3 is 2.83 bits per heavy atom. The Morgan fingerprint density at radius 1 is 1.39 bits per heavy atom. The summed E-state index contributed by atoms with van der Waals surface area (Å²) in [6, 6.07) is 1.23. The minimum Gasteiger partial charge on any atom is -0.363 e. The van der Waals surface area contributed by atoms with Gasteiger partial charge in [0.05, 0.1) is 11.9 Å². The van der Waals surface area contributed by atoms with Crippen LogP contribution in [0.3, 0.4) is 0 Å². The maximum atomic E-state index is 4.40. The lowest BCUT2D eigenvalue weighted by atomic mass is 10.0. The van der Waals surface area contributed by atoms with Crippen molar-refractivity contribution in [3.63, 3.8) is 0 Å². The average molecular weight is 250 g/mol. The van der Waals surface area contributed by atoms with Crippen molar-refractivity contribution in [2.75, 3.05) is 18.0 Å². The van der Waals surface area contributed by atoms with Crippen LogP contribution in [0.4, 0.5) is 5.69 Å². The van der Waals surface area contributed by atoms with Crippen LogP contribution in [0.25, 0.3) is 0 Å². The zero-order chi connectivity index (χ0) is 13.0. The monoisotopic (exact) mass is 250 g/mol. The van der Waals surface area contributed by atoms with Gasteiger partial charge in [0.25, 0.3) is 0 Å². The fourth-order valence-electron chi connectivity index (χ4n) is 2.76. The van der Waals surface area contributed by atoms with Crippen molar-refractivity contribution in [1.29, 1.82) is 0 Å². The van der Waals surface area contributed by atoms with E-state index in [9.17, 15) is 0 Å².